The van der Waals surface area contributed by atoms with Crippen molar-refractivity contribution in [2.75, 3.05) is 59.1 Å². The summed E-state index contributed by atoms with van der Waals surface area (Å²) in [5, 5.41) is 0. The van der Waals surface area contributed by atoms with Gasteiger partial charge in [-0.15, -0.1) is 0 Å². The van der Waals surface area contributed by atoms with Gasteiger partial charge in [-0.05, 0) is 135 Å². The van der Waals surface area contributed by atoms with Crippen LogP contribution in [0.25, 0.3) is 0 Å². The molecular weight excluding hydrogens is 1150 g/mol. The average molecular weight is 1300 g/mol. The molecule has 12 nitrogen and oxygen atoms in total. The van der Waals surface area contributed by atoms with Gasteiger partial charge in [0.1, 0.15) is 31.7 Å². The van der Waals surface area contributed by atoms with Gasteiger partial charge in [0.2, 0.25) is 0 Å². The van der Waals surface area contributed by atoms with Crippen LogP contribution in [0, 0.1) is 0 Å². The quantitative estimate of drug-likeness (QED) is 0.0248. The van der Waals surface area contributed by atoms with E-state index in [4.69, 9.17) is 23.7 Å². The molecule has 92 heavy (non-hydrogen) atoms. The summed E-state index contributed by atoms with van der Waals surface area (Å²) in [5.74, 6) is -0.0931. The van der Waals surface area contributed by atoms with Crippen molar-refractivity contribution in [2.24, 2.45) is 0 Å². The maximum absolute atomic E-state index is 13.1. The molecule has 0 fully saturated rings. The molecule has 0 heterocycles. The number of rotatable bonds is 76. The van der Waals surface area contributed by atoms with E-state index in [0.717, 1.165) is 225 Å². The molecule has 0 bridgehead atoms. The molecule has 0 aliphatic rings. The van der Waals surface area contributed by atoms with Gasteiger partial charge in [-0.3, -0.25) is 24.2 Å². The Balaban J connectivity index is 5.19. The van der Waals surface area contributed by atoms with Crippen LogP contribution < -0.4 is 0 Å². The highest BCUT2D eigenvalue weighted by molar-refractivity contribution is 5.70. The summed E-state index contributed by atoms with van der Waals surface area (Å²) in [6.07, 6.45) is 66.1. The largest absolute Gasteiger partial charge is 0.508 e. The van der Waals surface area contributed by atoms with Crippen molar-refractivity contribution >= 4 is 30.3 Å². The van der Waals surface area contributed by atoms with Gasteiger partial charge in [-0.1, -0.05) is 279 Å². The SMILES string of the molecule is CCCCCCCCCOC(=O)CCCCCCCN(CCCCCCCC(=O)OC(CCCCCCCC)CCCCCCCC)CCOC(=O)OCCN(CCCCCCCC=O)CCCCCCCC(=O)OC(CCCCCCCC)CCCCCCCC. The van der Waals surface area contributed by atoms with Crippen molar-refractivity contribution in [3.63, 3.8) is 0 Å². The van der Waals surface area contributed by atoms with Crippen molar-refractivity contribution in [2.45, 2.75) is 426 Å². The van der Waals surface area contributed by atoms with E-state index in [1.807, 2.05) is 0 Å². The summed E-state index contributed by atoms with van der Waals surface area (Å²) >= 11 is 0. The Kier molecular flexibility index (Phi) is 71.9. The number of carbonyl (C=O) groups excluding carboxylic acids is 5. The van der Waals surface area contributed by atoms with Crippen LogP contribution in [-0.2, 0) is 42.9 Å². The Bertz CT molecular complexity index is 1530. The number of aldehydes is 1. The topological polar surface area (TPSA) is 138 Å². The molecule has 0 amide bonds. The van der Waals surface area contributed by atoms with Crippen molar-refractivity contribution in [3.8, 4) is 0 Å². The lowest BCUT2D eigenvalue weighted by molar-refractivity contribution is -0.151. The Morgan fingerprint density at radius 3 is 0.848 bits per heavy atom. The third-order valence-electron chi connectivity index (χ3n) is 18.7. The second kappa shape index (κ2) is 74.1. The van der Waals surface area contributed by atoms with E-state index in [1.165, 1.54) is 161 Å². The van der Waals surface area contributed by atoms with Crippen molar-refractivity contribution in [1.82, 2.24) is 9.80 Å². The molecule has 12 heteroatoms. The zero-order chi connectivity index (χ0) is 66.9. The first kappa shape index (κ1) is 89.3. The Morgan fingerprint density at radius 1 is 0.272 bits per heavy atom. The summed E-state index contributed by atoms with van der Waals surface area (Å²) < 4.78 is 29.2. The standard InChI is InChI=1S/C80H154N2O10/c1-6-11-16-21-28-44-57-72-88-77(84)62-49-36-29-40-53-66-82(68-55-42-31-38-51-64-79(86)92-76(60-47-34-24-19-14-9-4)61-48-35-25-20-15-10-5)70-74-90-80(87)89-73-69-81(65-52-39-26-27-43-56-71-83)67-54-41-30-37-50-63-78(85)91-75(58-45-32-22-17-12-7-2)59-46-33-23-18-13-8-3/h71,75-76H,6-70,72-74H2,1-5H3. The highest BCUT2D eigenvalue weighted by Crippen LogP contribution is 2.21. The van der Waals surface area contributed by atoms with Gasteiger partial charge in [0, 0.05) is 38.8 Å². The number of carbonyl (C=O) groups is 5. The minimum atomic E-state index is -0.606. The molecular formula is C80H154N2O10. The fraction of sp³-hybridized carbons (Fsp3) is 0.938. The fourth-order valence-electron chi connectivity index (χ4n) is 12.7. The van der Waals surface area contributed by atoms with Gasteiger partial charge in [-0.2, -0.15) is 0 Å². The van der Waals surface area contributed by atoms with Gasteiger partial charge in [0.15, 0.2) is 0 Å². The lowest BCUT2D eigenvalue weighted by Gasteiger charge is -2.23. The third kappa shape index (κ3) is 67.3. The van der Waals surface area contributed by atoms with Crippen LogP contribution in [0.15, 0.2) is 0 Å². The van der Waals surface area contributed by atoms with E-state index in [0.29, 0.717) is 45.4 Å². The summed E-state index contributed by atoms with van der Waals surface area (Å²) in [7, 11) is 0. The van der Waals surface area contributed by atoms with E-state index in [2.05, 4.69) is 44.4 Å². The molecule has 0 saturated carbocycles. The molecule has 0 unspecified atom stereocenters. The summed E-state index contributed by atoms with van der Waals surface area (Å²) in [5.41, 5.74) is 0. The molecule has 0 aromatic rings. The summed E-state index contributed by atoms with van der Waals surface area (Å²) in [6, 6.07) is 0. The lowest BCUT2D eigenvalue weighted by Crippen LogP contribution is -2.32. The van der Waals surface area contributed by atoms with E-state index in [1.54, 1.807) is 0 Å². The molecule has 0 aromatic carbocycles. The molecule has 0 aromatic heterocycles. The Hall–Kier alpha value is -2.73. The molecule has 0 saturated heterocycles. The number of nitrogens with zero attached hydrogens (tertiary/aromatic N) is 2. The van der Waals surface area contributed by atoms with Gasteiger partial charge >= 0.3 is 24.1 Å². The van der Waals surface area contributed by atoms with Crippen LogP contribution in [0.5, 0.6) is 0 Å². The zero-order valence-corrected chi connectivity index (χ0v) is 61.8. The molecule has 0 atom stereocenters. The Morgan fingerprint density at radius 2 is 0.533 bits per heavy atom. The highest BCUT2D eigenvalue weighted by Gasteiger charge is 2.17. The fourth-order valence-corrected chi connectivity index (χ4v) is 12.7. The van der Waals surface area contributed by atoms with Crippen LogP contribution in [-0.4, -0.2) is 111 Å². The molecule has 0 spiro atoms. The van der Waals surface area contributed by atoms with Crippen LogP contribution in [0.2, 0.25) is 0 Å². The first-order valence-electron chi connectivity index (χ1n) is 40.4. The maximum Gasteiger partial charge on any atom is 0.508 e. The lowest BCUT2D eigenvalue weighted by atomic mass is 10.0. The average Bonchev–Trinajstić information content (AvgIpc) is 3.56. The second-order valence-corrected chi connectivity index (χ2v) is 27.7. The zero-order valence-electron chi connectivity index (χ0n) is 61.8. The number of esters is 3. The minimum absolute atomic E-state index is 0.0152. The number of hydrogen-bond acceptors (Lipinski definition) is 12. The van der Waals surface area contributed by atoms with Crippen LogP contribution in [0.3, 0.4) is 0 Å². The van der Waals surface area contributed by atoms with Crippen LogP contribution in [0.4, 0.5) is 4.79 Å². The molecule has 0 radical (unpaired) electrons. The van der Waals surface area contributed by atoms with Gasteiger partial charge < -0.3 is 28.5 Å². The molecule has 0 aliphatic heterocycles. The summed E-state index contributed by atoms with van der Waals surface area (Å²) in [6.45, 7) is 17.5. The molecule has 0 aliphatic carbocycles. The first-order valence-corrected chi connectivity index (χ1v) is 40.4. The van der Waals surface area contributed by atoms with Gasteiger partial charge in [0.25, 0.3) is 0 Å². The molecule has 0 rings (SSSR count). The number of unbranched alkanes of at least 4 members (excludes halogenated alkanes) is 43. The summed E-state index contributed by atoms with van der Waals surface area (Å²) in [4.78, 5) is 67.2. The maximum atomic E-state index is 13.1. The molecule has 0 N–H and O–H groups in total. The second-order valence-electron chi connectivity index (χ2n) is 27.7. The normalized spacial score (nSPS) is 11.6. The van der Waals surface area contributed by atoms with Crippen molar-refractivity contribution in [3.05, 3.63) is 0 Å². The van der Waals surface area contributed by atoms with Gasteiger partial charge in [0.05, 0.1) is 6.61 Å². The first-order chi connectivity index (χ1) is 45.2. The third-order valence-corrected chi connectivity index (χ3v) is 18.7. The monoisotopic (exact) mass is 1300 g/mol. The smallest absolute Gasteiger partial charge is 0.466 e. The van der Waals surface area contributed by atoms with E-state index < -0.39 is 6.16 Å². The van der Waals surface area contributed by atoms with Crippen LogP contribution >= 0.6 is 0 Å². The molecule has 544 valence electrons. The Labute approximate surface area is 569 Å². The van der Waals surface area contributed by atoms with Gasteiger partial charge in [-0.25, -0.2) is 4.79 Å². The predicted molar refractivity (Wildman–Crippen MR) is 388 cm³/mol. The van der Waals surface area contributed by atoms with Crippen molar-refractivity contribution in [1.29, 1.82) is 0 Å². The van der Waals surface area contributed by atoms with E-state index >= 15 is 0 Å². The number of ether oxygens (including phenoxy) is 5. The van der Waals surface area contributed by atoms with E-state index in [-0.39, 0.29) is 43.3 Å². The van der Waals surface area contributed by atoms with Crippen molar-refractivity contribution < 1.29 is 47.7 Å². The highest BCUT2D eigenvalue weighted by atomic mass is 16.7. The minimum Gasteiger partial charge on any atom is -0.466 e. The van der Waals surface area contributed by atoms with E-state index in [9.17, 15) is 24.0 Å². The predicted octanol–water partition coefficient (Wildman–Crippen LogP) is 23.4. The van der Waals surface area contributed by atoms with Crippen LogP contribution in [0.1, 0.15) is 413 Å². The number of hydrogen-bond donors (Lipinski definition) is 0.